The highest BCUT2D eigenvalue weighted by Gasteiger charge is 2.13. The third-order valence-electron chi connectivity index (χ3n) is 2.51. The van der Waals surface area contributed by atoms with Crippen molar-refractivity contribution in [2.24, 2.45) is 0 Å². The van der Waals surface area contributed by atoms with Gasteiger partial charge in [-0.15, -0.1) is 0 Å². The second-order valence-electron chi connectivity index (χ2n) is 4.11. The summed E-state index contributed by atoms with van der Waals surface area (Å²) in [5.41, 5.74) is 1.23. The number of hydrogen-bond donors (Lipinski definition) is 0. The van der Waals surface area contributed by atoms with Crippen LogP contribution in [0.15, 0.2) is 18.2 Å². The summed E-state index contributed by atoms with van der Waals surface area (Å²) in [6.07, 6.45) is 1.71. The lowest BCUT2D eigenvalue weighted by atomic mass is 10.1. The molecule has 0 spiro atoms. The zero-order chi connectivity index (χ0) is 12.1. The Morgan fingerprint density at radius 1 is 1.44 bits per heavy atom. The monoisotopic (exact) mass is 223 g/mol. The average Bonchev–Trinajstić information content (AvgIpc) is 2.26. The molecule has 0 aliphatic carbocycles. The molecule has 0 saturated heterocycles. The predicted molar refractivity (Wildman–Crippen MR) is 64.6 cm³/mol. The van der Waals surface area contributed by atoms with Crippen LogP contribution in [-0.2, 0) is 0 Å². The number of carbonyl (C=O) groups excluding carboxylic acids is 1. The Balaban J connectivity index is 3.12. The van der Waals surface area contributed by atoms with E-state index in [2.05, 4.69) is 25.7 Å². The molecule has 0 atom stereocenters. The fourth-order valence-electron chi connectivity index (χ4n) is 1.78. The molecule has 0 N–H and O–H groups in total. The molecule has 0 fully saturated rings. The van der Waals surface area contributed by atoms with E-state index < -0.39 is 0 Å². The number of anilines is 1. The minimum absolute atomic E-state index is 0.295. The third kappa shape index (κ3) is 2.81. The van der Waals surface area contributed by atoms with Gasteiger partial charge in [0.2, 0.25) is 0 Å². The standard InChI is InChI=1S/C13H18FNO/c1-4-7-15(10(2)3)13-6-5-12(14)8-11(13)9-16/h5-6,8-10H,4,7H2,1-3H3. The van der Waals surface area contributed by atoms with E-state index in [0.29, 0.717) is 17.9 Å². The fraction of sp³-hybridized carbons (Fsp3) is 0.462. The average molecular weight is 223 g/mol. The highest BCUT2D eigenvalue weighted by atomic mass is 19.1. The molecule has 0 unspecified atom stereocenters. The van der Waals surface area contributed by atoms with Gasteiger partial charge in [0.05, 0.1) is 0 Å². The van der Waals surface area contributed by atoms with Gasteiger partial charge in [0, 0.05) is 23.8 Å². The van der Waals surface area contributed by atoms with Crippen LogP contribution in [0.2, 0.25) is 0 Å². The van der Waals surface area contributed by atoms with Crippen LogP contribution in [0.3, 0.4) is 0 Å². The maximum atomic E-state index is 13.0. The Morgan fingerprint density at radius 2 is 2.12 bits per heavy atom. The zero-order valence-electron chi connectivity index (χ0n) is 10.0. The maximum Gasteiger partial charge on any atom is 0.152 e. The van der Waals surface area contributed by atoms with Crippen molar-refractivity contribution in [3.8, 4) is 0 Å². The number of hydrogen-bond acceptors (Lipinski definition) is 2. The summed E-state index contributed by atoms with van der Waals surface area (Å²) in [5.74, 6) is -0.369. The van der Waals surface area contributed by atoms with Crippen LogP contribution < -0.4 is 4.90 Å². The van der Waals surface area contributed by atoms with E-state index in [1.807, 2.05) is 0 Å². The SMILES string of the molecule is CCCN(c1ccc(F)cc1C=O)C(C)C. The Hall–Kier alpha value is -1.38. The smallest absolute Gasteiger partial charge is 0.152 e. The van der Waals surface area contributed by atoms with Gasteiger partial charge >= 0.3 is 0 Å². The summed E-state index contributed by atoms with van der Waals surface area (Å²) >= 11 is 0. The first-order chi connectivity index (χ1) is 7.60. The maximum absolute atomic E-state index is 13.0. The van der Waals surface area contributed by atoms with Gasteiger partial charge in [-0.1, -0.05) is 6.92 Å². The Labute approximate surface area is 96.1 Å². The van der Waals surface area contributed by atoms with Gasteiger partial charge in [0.25, 0.3) is 0 Å². The van der Waals surface area contributed by atoms with Crippen molar-refractivity contribution in [3.05, 3.63) is 29.6 Å². The van der Waals surface area contributed by atoms with Crippen molar-refractivity contribution in [3.63, 3.8) is 0 Å². The molecule has 88 valence electrons. The number of nitrogens with zero attached hydrogens (tertiary/aromatic N) is 1. The van der Waals surface area contributed by atoms with Crippen LogP contribution in [-0.4, -0.2) is 18.9 Å². The molecule has 2 nitrogen and oxygen atoms in total. The van der Waals surface area contributed by atoms with Crippen LogP contribution in [0.5, 0.6) is 0 Å². The number of aldehydes is 1. The molecule has 1 aromatic carbocycles. The molecular weight excluding hydrogens is 205 g/mol. The second kappa shape index (κ2) is 5.64. The molecule has 16 heavy (non-hydrogen) atoms. The van der Waals surface area contributed by atoms with Gasteiger partial charge in [-0.2, -0.15) is 0 Å². The first kappa shape index (κ1) is 12.7. The summed E-state index contributed by atoms with van der Waals surface area (Å²) < 4.78 is 13.0. The van der Waals surface area contributed by atoms with E-state index in [-0.39, 0.29) is 5.82 Å². The Morgan fingerprint density at radius 3 is 2.62 bits per heavy atom. The van der Waals surface area contributed by atoms with Crippen LogP contribution in [0.4, 0.5) is 10.1 Å². The van der Waals surface area contributed by atoms with E-state index >= 15 is 0 Å². The third-order valence-corrected chi connectivity index (χ3v) is 2.51. The number of halogens is 1. The van der Waals surface area contributed by atoms with Gasteiger partial charge in [-0.3, -0.25) is 4.79 Å². The molecule has 0 bridgehead atoms. The summed E-state index contributed by atoms with van der Waals surface area (Å²) in [6, 6.07) is 4.65. The molecule has 0 amide bonds. The molecule has 0 heterocycles. The molecule has 0 saturated carbocycles. The van der Waals surface area contributed by atoms with Crippen LogP contribution >= 0.6 is 0 Å². The van der Waals surface area contributed by atoms with E-state index in [1.54, 1.807) is 6.07 Å². The fourth-order valence-corrected chi connectivity index (χ4v) is 1.78. The number of rotatable bonds is 5. The first-order valence-corrected chi connectivity index (χ1v) is 5.61. The molecule has 0 aliphatic rings. The molecule has 0 aliphatic heterocycles. The normalized spacial score (nSPS) is 10.6. The minimum atomic E-state index is -0.369. The van der Waals surface area contributed by atoms with E-state index in [9.17, 15) is 9.18 Å². The quantitative estimate of drug-likeness (QED) is 0.714. The Kier molecular flexibility index (Phi) is 4.47. The molecular formula is C13H18FNO. The second-order valence-corrected chi connectivity index (χ2v) is 4.11. The van der Waals surface area contributed by atoms with Crippen molar-refractivity contribution in [2.75, 3.05) is 11.4 Å². The van der Waals surface area contributed by atoms with E-state index in [1.165, 1.54) is 12.1 Å². The van der Waals surface area contributed by atoms with Crippen LogP contribution in [0, 0.1) is 5.82 Å². The summed E-state index contributed by atoms with van der Waals surface area (Å²) in [5, 5.41) is 0. The minimum Gasteiger partial charge on any atom is -0.369 e. The van der Waals surface area contributed by atoms with Gasteiger partial charge in [-0.25, -0.2) is 4.39 Å². The lowest BCUT2D eigenvalue weighted by Crippen LogP contribution is -2.32. The number of benzene rings is 1. The van der Waals surface area contributed by atoms with Crippen LogP contribution in [0.25, 0.3) is 0 Å². The lowest BCUT2D eigenvalue weighted by molar-refractivity contribution is 0.112. The van der Waals surface area contributed by atoms with E-state index in [0.717, 1.165) is 18.7 Å². The highest BCUT2D eigenvalue weighted by molar-refractivity contribution is 5.84. The predicted octanol–water partition coefficient (Wildman–Crippen LogP) is 3.26. The van der Waals surface area contributed by atoms with Crippen molar-refractivity contribution in [2.45, 2.75) is 33.2 Å². The summed E-state index contributed by atoms with van der Waals surface area (Å²) in [7, 11) is 0. The van der Waals surface area contributed by atoms with Crippen molar-refractivity contribution < 1.29 is 9.18 Å². The highest BCUT2D eigenvalue weighted by Crippen LogP contribution is 2.22. The molecule has 1 rings (SSSR count). The molecule has 0 radical (unpaired) electrons. The first-order valence-electron chi connectivity index (χ1n) is 5.61. The van der Waals surface area contributed by atoms with Gasteiger partial charge in [-0.05, 0) is 38.5 Å². The summed E-state index contributed by atoms with van der Waals surface area (Å²) in [6.45, 7) is 7.07. The number of carbonyl (C=O) groups is 1. The lowest BCUT2D eigenvalue weighted by Gasteiger charge is -2.29. The van der Waals surface area contributed by atoms with Crippen molar-refractivity contribution in [1.82, 2.24) is 0 Å². The van der Waals surface area contributed by atoms with Crippen molar-refractivity contribution in [1.29, 1.82) is 0 Å². The molecule has 1 aromatic rings. The Bertz CT molecular complexity index is 363. The van der Waals surface area contributed by atoms with Gasteiger partial charge < -0.3 is 4.90 Å². The van der Waals surface area contributed by atoms with Crippen LogP contribution in [0.1, 0.15) is 37.6 Å². The van der Waals surface area contributed by atoms with E-state index in [4.69, 9.17) is 0 Å². The summed E-state index contributed by atoms with van der Waals surface area (Å²) in [4.78, 5) is 13.0. The van der Waals surface area contributed by atoms with Gasteiger partial charge in [0.15, 0.2) is 6.29 Å². The largest absolute Gasteiger partial charge is 0.369 e. The molecule has 3 heteroatoms. The van der Waals surface area contributed by atoms with Gasteiger partial charge in [0.1, 0.15) is 5.82 Å². The van der Waals surface area contributed by atoms with Crippen molar-refractivity contribution >= 4 is 12.0 Å². The zero-order valence-corrected chi connectivity index (χ0v) is 10.0. The molecule has 0 aromatic heterocycles. The topological polar surface area (TPSA) is 20.3 Å².